The summed E-state index contributed by atoms with van der Waals surface area (Å²) in [6, 6.07) is 8.88. The first-order valence-electron chi connectivity index (χ1n) is 7.10. The molecule has 1 saturated carbocycles. The highest BCUT2D eigenvalue weighted by Crippen LogP contribution is 2.40. The highest BCUT2D eigenvalue weighted by molar-refractivity contribution is 7.71. The lowest BCUT2D eigenvalue weighted by Gasteiger charge is -2.04. The number of amides is 1. The third kappa shape index (κ3) is 2.42. The molecule has 2 aromatic heterocycles. The lowest BCUT2D eigenvalue weighted by molar-refractivity contribution is 0.102. The number of pyridine rings is 1. The number of aromatic nitrogens is 2. The summed E-state index contributed by atoms with van der Waals surface area (Å²) in [7, 11) is 0. The van der Waals surface area contributed by atoms with E-state index in [2.05, 4.69) is 15.3 Å². The molecule has 5 nitrogen and oxygen atoms in total. The Labute approximate surface area is 131 Å². The molecule has 0 unspecified atom stereocenters. The van der Waals surface area contributed by atoms with Gasteiger partial charge in [-0.25, -0.2) is 4.98 Å². The van der Waals surface area contributed by atoms with Crippen molar-refractivity contribution in [3.63, 3.8) is 0 Å². The van der Waals surface area contributed by atoms with Crippen LogP contribution in [-0.2, 0) is 0 Å². The Morgan fingerprint density at radius 1 is 1.36 bits per heavy atom. The SMILES string of the molecule is O=C(Nc1ccc2oc(C3CC3)nc2c1)c1ccc[nH]c1=S. The van der Waals surface area contributed by atoms with Crippen molar-refractivity contribution in [2.75, 3.05) is 5.32 Å². The standard InChI is InChI=1S/C16H13N3O2S/c20-14(11-2-1-7-17-16(11)22)18-10-5-6-13-12(8-10)19-15(21-13)9-3-4-9/h1-2,5-9H,3-4H2,(H,17,22)(H,18,20). The van der Waals surface area contributed by atoms with Gasteiger partial charge in [0.2, 0.25) is 0 Å². The molecule has 110 valence electrons. The molecule has 1 aromatic carbocycles. The van der Waals surface area contributed by atoms with Crippen molar-refractivity contribution >= 4 is 34.9 Å². The van der Waals surface area contributed by atoms with E-state index in [1.165, 1.54) is 0 Å². The average molecular weight is 311 g/mol. The summed E-state index contributed by atoms with van der Waals surface area (Å²) in [5, 5.41) is 2.84. The number of nitrogens with zero attached hydrogens (tertiary/aromatic N) is 1. The third-order valence-corrected chi connectivity index (χ3v) is 3.99. The van der Waals surface area contributed by atoms with E-state index in [-0.39, 0.29) is 5.91 Å². The maximum Gasteiger partial charge on any atom is 0.258 e. The largest absolute Gasteiger partial charge is 0.440 e. The van der Waals surface area contributed by atoms with Crippen LogP contribution in [0, 0.1) is 4.64 Å². The predicted octanol–water partition coefficient (Wildman–Crippen LogP) is 4.02. The van der Waals surface area contributed by atoms with Crippen molar-refractivity contribution in [2.24, 2.45) is 0 Å². The highest BCUT2D eigenvalue weighted by atomic mass is 32.1. The Morgan fingerprint density at radius 2 is 2.23 bits per heavy atom. The summed E-state index contributed by atoms with van der Waals surface area (Å²) in [5.74, 6) is 1.02. The second kappa shape index (κ2) is 5.06. The molecule has 0 aliphatic heterocycles. The normalized spacial score (nSPS) is 14.2. The van der Waals surface area contributed by atoms with Crippen molar-refractivity contribution < 1.29 is 9.21 Å². The van der Waals surface area contributed by atoms with Crippen LogP contribution in [0.2, 0.25) is 0 Å². The minimum atomic E-state index is -0.243. The molecule has 0 bridgehead atoms. The van der Waals surface area contributed by atoms with Gasteiger partial charge in [0.25, 0.3) is 5.91 Å². The number of hydrogen-bond acceptors (Lipinski definition) is 4. The van der Waals surface area contributed by atoms with Crippen molar-refractivity contribution in [2.45, 2.75) is 18.8 Å². The average Bonchev–Trinajstić information content (AvgIpc) is 3.27. The lowest BCUT2D eigenvalue weighted by Crippen LogP contribution is -2.12. The van der Waals surface area contributed by atoms with E-state index in [0.717, 1.165) is 29.8 Å². The molecule has 0 radical (unpaired) electrons. The molecular weight excluding hydrogens is 298 g/mol. The third-order valence-electron chi connectivity index (χ3n) is 3.65. The van der Waals surface area contributed by atoms with Crippen LogP contribution in [0.5, 0.6) is 0 Å². The van der Waals surface area contributed by atoms with Crippen LogP contribution in [0.1, 0.15) is 35.0 Å². The first-order valence-corrected chi connectivity index (χ1v) is 7.51. The van der Waals surface area contributed by atoms with Gasteiger partial charge < -0.3 is 14.7 Å². The smallest absolute Gasteiger partial charge is 0.258 e. The number of aromatic amines is 1. The van der Waals surface area contributed by atoms with E-state index in [1.807, 2.05) is 12.1 Å². The molecule has 2 N–H and O–H groups in total. The minimum absolute atomic E-state index is 0.243. The molecule has 22 heavy (non-hydrogen) atoms. The number of hydrogen-bond donors (Lipinski definition) is 2. The van der Waals surface area contributed by atoms with Gasteiger partial charge in [-0.05, 0) is 43.2 Å². The first-order chi connectivity index (χ1) is 10.7. The van der Waals surface area contributed by atoms with Gasteiger partial charge in [0.15, 0.2) is 11.5 Å². The van der Waals surface area contributed by atoms with Crippen LogP contribution in [0.15, 0.2) is 40.9 Å². The molecule has 0 saturated heterocycles. The van der Waals surface area contributed by atoms with Crippen molar-refractivity contribution in [3.05, 3.63) is 52.6 Å². The van der Waals surface area contributed by atoms with Gasteiger partial charge in [-0.3, -0.25) is 4.79 Å². The molecule has 1 amide bonds. The van der Waals surface area contributed by atoms with Crippen LogP contribution in [0.4, 0.5) is 5.69 Å². The molecule has 0 spiro atoms. The number of rotatable bonds is 3. The number of nitrogens with one attached hydrogen (secondary N) is 2. The summed E-state index contributed by atoms with van der Waals surface area (Å²) < 4.78 is 6.13. The summed E-state index contributed by atoms with van der Waals surface area (Å²) in [5.41, 5.74) is 2.62. The number of benzene rings is 1. The van der Waals surface area contributed by atoms with E-state index in [4.69, 9.17) is 16.6 Å². The number of oxazole rings is 1. The Morgan fingerprint density at radius 3 is 3.00 bits per heavy atom. The fourth-order valence-corrected chi connectivity index (χ4v) is 2.56. The van der Waals surface area contributed by atoms with Crippen LogP contribution in [-0.4, -0.2) is 15.9 Å². The molecule has 1 aliphatic rings. The number of anilines is 1. The number of fused-ring (bicyclic) bond motifs is 1. The molecule has 2 heterocycles. The highest BCUT2D eigenvalue weighted by Gasteiger charge is 2.28. The topological polar surface area (TPSA) is 70.9 Å². The number of carbonyl (C=O) groups excluding carboxylic acids is 1. The van der Waals surface area contributed by atoms with Gasteiger partial charge in [0.05, 0.1) is 5.56 Å². The van der Waals surface area contributed by atoms with Gasteiger partial charge in [0.1, 0.15) is 10.2 Å². The Bertz CT molecular complexity index is 924. The van der Waals surface area contributed by atoms with Crippen LogP contribution < -0.4 is 5.32 Å². The van der Waals surface area contributed by atoms with Gasteiger partial charge in [-0.2, -0.15) is 0 Å². The zero-order valence-corrected chi connectivity index (χ0v) is 12.4. The van der Waals surface area contributed by atoms with Crippen molar-refractivity contribution in [3.8, 4) is 0 Å². The summed E-state index contributed by atoms with van der Waals surface area (Å²) in [6.07, 6.45) is 3.98. The Kier molecular flexibility index (Phi) is 3.04. The van der Waals surface area contributed by atoms with E-state index < -0.39 is 0 Å². The van der Waals surface area contributed by atoms with Gasteiger partial charge in [-0.15, -0.1) is 0 Å². The van der Waals surface area contributed by atoms with Gasteiger partial charge >= 0.3 is 0 Å². The van der Waals surface area contributed by atoms with Crippen molar-refractivity contribution in [1.82, 2.24) is 9.97 Å². The maximum atomic E-state index is 12.3. The van der Waals surface area contributed by atoms with E-state index in [1.54, 1.807) is 24.4 Å². The van der Waals surface area contributed by atoms with Gasteiger partial charge in [0, 0.05) is 17.8 Å². The second-order valence-corrected chi connectivity index (χ2v) is 5.78. The van der Waals surface area contributed by atoms with E-state index in [9.17, 15) is 4.79 Å². The Hall–Kier alpha value is -2.47. The first kappa shape index (κ1) is 13.2. The van der Waals surface area contributed by atoms with Crippen LogP contribution in [0.3, 0.4) is 0 Å². The van der Waals surface area contributed by atoms with Crippen LogP contribution in [0.25, 0.3) is 11.1 Å². The minimum Gasteiger partial charge on any atom is -0.440 e. The zero-order valence-electron chi connectivity index (χ0n) is 11.6. The maximum absolute atomic E-state index is 12.3. The summed E-state index contributed by atoms with van der Waals surface area (Å²) in [6.45, 7) is 0. The molecule has 1 fully saturated rings. The monoisotopic (exact) mass is 311 g/mol. The van der Waals surface area contributed by atoms with E-state index >= 15 is 0 Å². The van der Waals surface area contributed by atoms with E-state index in [0.29, 0.717) is 21.8 Å². The summed E-state index contributed by atoms with van der Waals surface area (Å²) >= 11 is 5.12. The van der Waals surface area contributed by atoms with Crippen LogP contribution >= 0.6 is 12.2 Å². The van der Waals surface area contributed by atoms with Gasteiger partial charge in [-0.1, -0.05) is 12.2 Å². The molecule has 6 heteroatoms. The lowest BCUT2D eigenvalue weighted by atomic mass is 10.2. The number of carbonyl (C=O) groups is 1. The second-order valence-electron chi connectivity index (χ2n) is 5.38. The molecule has 1 aliphatic carbocycles. The Balaban J connectivity index is 1.62. The summed E-state index contributed by atoms with van der Waals surface area (Å²) in [4.78, 5) is 19.6. The number of H-pyrrole nitrogens is 1. The quantitative estimate of drug-likeness (QED) is 0.717. The van der Waals surface area contributed by atoms with Crippen molar-refractivity contribution in [1.29, 1.82) is 0 Å². The zero-order chi connectivity index (χ0) is 15.1. The fourth-order valence-electron chi connectivity index (χ4n) is 2.33. The fraction of sp³-hybridized carbons (Fsp3) is 0.188. The molecule has 3 aromatic rings. The molecule has 0 atom stereocenters. The predicted molar refractivity (Wildman–Crippen MR) is 85.6 cm³/mol. The molecule has 4 rings (SSSR count). The molecular formula is C16H13N3O2S.